The second kappa shape index (κ2) is 3.37. The molecular weight excluding hydrogens is 156 g/mol. The minimum Gasteiger partial charge on any atom is -0.0836 e. The molecule has 0 heterocycles. The zero-order valence-corrected chi connectivity index (χ0v) is 8.33. The number of rotatable bonds is 0. The van der Waals surface area contributed by atoms with Gasteiger partial charge in [0, 0.05) is 0 Å². The Hall–Kier alpha value is -1.04. The van der Waals surface area contributed by atoms with Crippen molar-refractivity contribution in [3.63, 3.8) is 0 Å². The molecule has 0 saturated carbocycles. The van der Waals surface area contributed by atoms with Crippen LogP contribution in [0.2, 0.25) is 0 Å². The van der Waals surface area contributed by atoms with Crippen molar-refractivity contribution < 1.29 is 0 Å². The maximum absolute atomic E-state index is 2.33. The van der Waals surface area contributed by atoms with Gasteiger partial charge in [0.15, 0.2) is 0 Å². The summed E-state index contributed by atoms with van der Waals surface area (Å²) >= 11 is 0. The molecule has 1 aliphatic rings. The Labute approximate surface area is 80.3 Å². The van der Waals surface area contributed by atoms with Crippen molar-refractivity contribution in [1.29, 1.82) is 0 Å². The van der Waals surface area contributed by atoms with E-state index in [1.54, 1.807) is 0 Å². The van der Waals surface area contributed by atoms with Gasteiger partial charge in [0.1, 0.15) is 0 Å². The second-order valence-corrected chi connectivity index (χ2v) is 4.03. The van der Waals surface area contributed by atoms with E-state index in [9.17, 15) is 0 Å². The van der Waals surface area contributed by atoms with Crippen LogP contribution in [0.5, 0.6) is 0 Å². The molecule has 0 N–H and O–H groups in total. The van der Waals surface area contributed by atoms with Gasteiger partial charge in [0.2, 0.25) is 0 Å². The third-order valence-corrected chi connectivity index (χ3v) is 3.15. The van der Waals surface area contributed by atoms with Gasteiger partial charge in [-0.05, 0) is 29.4 Å². The van der Waals surface area contributed by atoms with Gasteiger partial charge in [-0.15, -0.1) is 0 Å². The van der Waals surface area contributed by atoms with Crippen LogP contribution in [-0.2, 0) is 0 Å². The number of hydrogen-bond donors (Lipinski definition) is 0. The zero-order chi connectivity index (χ0) is 9.26. The minimum atomic E-state index is 0.686. The van der Waals surface area contributed by atoms with Crippen molar-refractivity contribution in [3.05, 3.63) is 41.5 Å². The van der Waals surface area contributed by atoms with E-state index in [0.717, 1.165) is 5.92 Å². The number of hydrogen-bond acceptors (Lipinski definition) is 0. The summed E-state index contributed by atoms with van der Waals surface area (Å²) in [6.07, 6.45) is 5.76. The zero-order valence-electron chi connectivity index (χ0n) is 8.33. The average molecular weight is 172 g/mol. The quantitative estimate of drug-likeness (QED) is 0.557. The van der Waals surface area contributed by atoms with Gasteiger partial charge in [-0.25, -0.2) is 0 Å². The molecule has 0 bridgehead atoms. The van der Waals surface area contributed by atoms with E-state index >= 15 is 0 Å². The standard InChI is InChI=1S/C13H16/c1-10-6-5-8-12-7-3-4-9-13(12)11(10)2/h3-5,7-11H,6H2,1-2H3. The molecular formula is C13H16. The van der Waals surface area contributed by atoms with E-state index in [0.29, 0.717) is 5.92 Å². The molecule has 68 valence electrons. The maximum Gasteiger partial charge on any atom is -0.0156 e. The van der Waals surface area contributed by atoms with E-state index in [4.69, 9.17) is 0 Å². The molecule has 0 radical (unpaired) electrons. The van der Waals surface area contributed by atoms with Crippen molar-refractivity contribution in [3.8, 4) is 0 Å². The predicted molar refractivity (Wildman–Crippen MR) is 57.7 cm³/mol. The third-order valence-electron chi connectivity index (χ3n) is 3.15. The van der Waals surface area contributed by atoms with Gasteiger partial charge >= 0.3 is 0 Å². The normalized spacial score (nSPS) is 26.6. The first kappa shape index (κ1) is 8.55. The van der Waals surface area contributed by atoms with E-state index in [1.165, 1.54) is 17.5 Å². The van der Waals surface area contributed by atoms with E-state index in [-0.39, 0.29) is 0 Å². The van der Waals surface area contributed by atoms with E-state index in [1.807, 2.05) is 0 Å². The smallest absolute Gasteiger partial charge is 0.0156 e. The monoisotopic (exact) mass is 172 g/mol. The van der Waals surface area contributed by atoms with Gasteiger partial charge < -0.3 is 0 Å². The lowest BCUT2D eigenvalue weighted by Gasteiger charge is -2.18. The Morgan fingerprint density at radius 3 is 2.77 bits per heavy atom. The summed E-state index contributed by atoms with van der Waals surface area (Å²) in [7, 11) is 0. The molecule has 0 aliphatic heterocycles. The highest BCUT2D eigenvalue weighted by atomic mass is 14.2. The molecule has 0 spiro atoms. The van der Waals surface area contributed by atoms with Crippen LogP contribution >= 0.6 is 0 Å². The summed E-state index contributed by atoms with van der Waals surface area (Å²) in [5.41, 5.74) is 2.91. The van der Waals surface area contributed by atoms with Crippen molar-refractivity contribution in [1.82, 2.24) is 0 Å². The molecule has 0 saturated heterocycles. The molecule has 2 unspecified atom stereocenters. The Balaban J connectivity index is 2.48. The van der Waals surface area contributed by atoms with Crippen LogP contribution in [0.3, 0.4) is 0 Å². The van der Waals surface area contributed by atoms with Gasteiger partial charge in [0.25, 0.3) is 0 Å². The van der Waals surface area contributed by atoms with Crippen LogP contribution in [0.25, 0.3) is 6.08 Å². The van der Waals surface area contributed by atoms with Crippen molar-refractivity contribution in [2.24, 2.45) is 5.92 Å². The number of allylic oxidation sites excluding steroid dienone is 1. The van der Waals surface area contributed by atoms with Crippen molar-refractivity contribution in [2.45, 2.75) is 26.2 Å². The first-order valence-electron chi connectivity index (χ1n) is 5.04. The topological polar surface area (TPSA) is 0 Å². The Morgan fingerprint density at radius 2 is 1.92 bits per heavy atom. The molecule has 0 fully saturated rings. The van der Waals surface area contributed by atoms with Crippen molar-refractivity contribution in [2.75, 3.05) is 0 Å². The lowest BCUT2D eigenvalue weighted by molar-refractivity contribution is 0.497. The summed E-state index contributed by atoms with van der Waals surface area (Å²) in [6.45, 7) is 4.66. The SMILES string of the molecule is CC1CC=Cc2ccccc2C1C. The second-order valence-electron chi connectivity index (χ2n) is 4.03. The number of benzene rings is 1. The largest absolute Gasteiger partial charge is 0.0836 e. The maximum atomic E-state index is 2.33. The Kier molecular flexibility index (Phi) is 2.22. The summed E-state index contributed by atoms with van der Waals surface area (Å²) in [5.74, 6) is 1.45. The van der Waals surface area contributed by atoms with Gasteiger partial charge in [-0.2, -0.15) is 0 Å². The third kappa shape index (κ3) is 1.53. The van der Waals surface area contributed by atoms with Crippen LogP contribution in [0.4, 0.5) is 0 Å². The molecule has 1 aromatic carbocycles. The molecule has 0 nitrogen and oxygen atoms in total. The summed E-state index contributed by atoms with van der Waals surface area (Å²) in [4.78, 5) is 0. The van der Waals surface area contributed by atoms with Crippen LogP contribution in [0.15, 0.2) is 30.3 Å². The fourth-order valence-corrected chi connectivity index (χ4v) is 2.00. The molecule has 2 rings (SSSR count). The fraction of sp³-hybridized carbons (Fsp3) is 0.385. The summed E-state index contributed by atoms with van der Waals surface area (Å²) < 4.78 is 0. The lowest BCUT2D eigenvalue weighted by atomic mass is 9.87. The molecule has 13 heavy (non-hydrogen) atoms. The minimum absolute atomic E-state index is 0.686. The van der Waals surface area contributed by atoms with E-state index in [2.05, 4.69) is 50.3 Å². The van der Waals surface area contributed by atoms with Gasteiger partial charge in [-0.1, -0.05) is 50.3 Å². The van der Waals surface area contributed by atoms with E-state index < -0.39 is 0 Å². The summed E-state index contributed by atoms with van der Waals surface area (Å²) in [6, 6.07) is 8.72. The molecule has 1 aromatic rings. The molecule has 0 amide bonds. The molecule has 1 aliphatic carbocycles. The first-order chi connectivity index (χ1) is 6.29. The van der Waals surface area contributed by atoms with Gasteiger partial charge in [-0.3, -0.25) is 0 Å². The summed E-state index contributed by atoms with van der Waals surface area (Å²) in [5, 5.41) is 0. The molecule has 0 heteroatoms. The number of fused-ring (bicyclic) bond motifs is 1. The average Bonchev–Trinajstić information content (AvgIpc) is 2.29. The Morgan fingerprint density at radius 1 is 1.15 bits per heavy atom. The molecule has 2 atom stereocenters. The van der Waals surface area contributed by atoms with Crippen molar-refractivity contribution >= 4 is 6.08 Å². The first-order valence-corrected chi connectivity index (χ1v) is 5.04. The lowest BCUT2D eigenvalue weighted by Crippen LogP contribution is -2.04. The predicted octanol–water partition coefficient (Wildman–Crippen LogP) is 3.84. The van der Waals surface area contributed by atoms with Crippen LogP contribution in [0, 0.1) is 5.92 Å². The highest BCUT2D eigenvalue weighted by molar-refractivity contribution is 5.55. The van der Waals surface area contributed by atoms with Crippen LogP contribution in [-0.4, -0.2) is 0 Å². The Bertz CT molecular complexity index is 323. The van der Waals surface area contributed by atoms with Gasteiger partial charge in [0.05, 0.1) is 0 Å². The highest BCUT2D eigenvalue weighted by Crippen LogP contribution is 2.32. The van der Waals surface area contributed by atoms with Crippen LogP contribution < -0.4 is 0 Å². The highest BCUT2D eigenvalue weighted by Gasteiger charge is 2.17. The van der Waals surface area contributed by atoms with Crippen LogP contribution in [0.1, 0.15) is 37.3 Å². The fourth-order valence-electron chi connectivity index (χ4n) is 2.00. The molecule has 0 aromatic heterocycles.